The summed E-state index contributed by atoms with van der Waals surface area (Å²) in [5, 5.41) is 0. The molecule has 1 aliphatic heterocycles. The number of carbonyl (C=O) groups excluding carboxylic acids is 2. The van der Waals surface area contributed by atoms with E-state index in [0.29, 0.717) is 42.4 Å². The number of rotatable bonds is 4. The molecule has 1 aromatic carbocycles. The molecule has 1 aliphatic rings. The summed E-state index contributed by atoms with van der Waals surface area (Å²) in [6, 6.07) is 9.33. The van der Waals surface area contributed by atoms with Gasteiger partial charge in [-0.1, -0.05) is 11.6 Å². The Morgan fingerprint density at radius 3 is 2.42 bits per heavy atom. The van der Waals surface area contributed by atoms with Gasteiger partial charge in [0.1, 0.15) is 5.82 Å². The fourth-order valence-electron chi connectivity index (χ4n) is 3.16. The maximum Gasteiger partial charge on any atom is 0.253 e. The molecule has 0 atom stereocenters. The molecule has 2 amide bonds. The van der Waals surface area contributed by atoms with Crippen LogP contribution in [0.2, 0.25) is 4.34 Å². The third-order valence-electron chi connectivity index (χ3n) is 4.62. The first-order chi connectivity index (χ1) is 12.4. The van der Waals surface area contributed by atoms with Gasteiger partial charge in [-0.05, 0) is 49.2 Å². The minimum absolute atomic E-state index is 0.0762. The molecule has 4 nitrogen and oxygen atoms in total. The predicted molar refractivity (Wildman–Crippen MR) is 101 cm³/mol. The van der Waals surface area contributed by atoms with Crippen molar-refractivity contribution in [3.63, 3.8) is 0 Å². The van der Waals surface area contributed by atoms with Crippen LogP contribution in [-0.2, 0) is 11.3 Å². The molecule has 0 bridgehead atoms. The Bertz CT molecular complexity index is 785. The van der Waals surface area contributed by atoms with E-state index in [4.69, 9.17) is 11.6 Å². The predicted octanol–water partition coefficient (Wildman–Crippen LogP) is 4.05. The van der Waals surface area contributed by atoms with E-state index in [-0.39, 0.29) is 23.5 Å². The van der Waals surface area contributed by atoms with Crippen LogP contribution in [0.1, 0.15) is 28.1 Å². The van der Waals surface area contributed by atoms with Crippen molar-refractivity contribution in [1.82, 2.24) is 9.80 Å². The topological polar surface area (TPSA) is 40.6 Å². The third-order valence-corrected chi connectivity index (χ3v) is 5.84. The summed E-state index contributed by atoms with van der Waals surface area (Å²) in [6.45, 7) is 1.61. The second kappa shape index (κ2) is 8.18. The van der Waals surface area contributed by atoms with Crippen LogP contribution in [0.3, 0.4) is 0 Å². The standard InChI is InChI=1S/C19H20ClFN2O2S/c1-22(12-16-6-7-17(20)26-16)18(24)14-8-10-23(11-9-14)19(25)13-2-4-15(21)5-3-13/h2-7,14H,8-12H2,1H3. The van der Waals surface area contributed by atoms with Gasteiger partial charge < -0.3 is 9.80 Å². The first-order valence-electron chi connectivity index (χ1n) is 8.48. The second-order valence-electron chi connectivity index (χ2n) is 6.47. The molecule has 26 heavy (non-hydrogen) atoms. The van der Waals surface area contributed by atoms with Gasteiger partial charge >= 0.3 is 0 Å². The number of amides is 2. The van der Waals surface area contributed by atoms with Crippen LogP contribution in [0.25, 0.3) is 0 Å². The van der Waals surface area contributed by atoms with E-state index in [9.17, 15) is 14.0 Å². The highest BCUT2D eigenvalue weighted by Crippen LogP contribution is 2.25. The number of carbonyl (C=O) groups is 2. The summed E-state index contributed by atoms with van der Waals surface area (Å²) in [4.78, 5) is 29.6. The molecular weight excluding hydrogens is 375 g/mol. The number of nitrogens with zero attached hydrogens (tertiary/aromatic N) is 2. The Kier molecular flexibility index (Phi) is 5.94. The zero-order chi connectivity index (χ0) is 18.7. The average Bonchev–Trinajstić information content (AvgIpc) is 3.06. The Labute approximate surface area is 161 Å². The van der Waals surface area contributed by atoms with Gasteiger partial charge in [-0.2, -0.15) is 0 Å². The number of benzene rings is 1. The highest BCUT2D eigenvalue weighted by atomic mass is 35.5. The number of likely N-dealkylation sites (tertiary alicyclic amines) is 1. The number of halogens is 2. The molecule has 0 radical (unpaired) electrons. The van der Waals surface area contributed by atoms with Crippen molar-refractivity contribution in [2.24, 2.45) is 5.92 Å². The zero-order valence-electron chi connectivity index (χ0n) is 14.5. The fraction of sp³-hybridized carbons (Fsp3) is 0.368. The third kappa shape index (κ3) is 4.43. The van der Waals surface area contributed by atoms with E-state index in [1.807, 2.05) is 12.1 Å². The van der Waals surface area contributed by atoms with Crippen LogP contribution in [0, 0.1) is 11.7 Å². The molecule has 1 fully saturated rings. The summed E-state index contributed by atoms with van der Waals surface area (Å²) >= 11 is 7.41. The van der Waals surface area contributed by atoms with Crippen molar-refractivity contribution in [2.75, 3.05) is 20.1 Å². The van der Waals surface area contributed by atoms with E-state index in [2.05, 4.69) is 0 Å². The smallest absolute Gasteiger partial charge is 0.253 e. The maximum absolute atomic E-state index is 13.0. The normalized spacial score (nSPS) is 15.1. The molecule has 138 valence electrons. The fourth-order valence-corrected chi connectivity index (χ4v) is 4.31. The largest absolute Gasteiger partial charge is 0.340 e. The SMILES string of the molecule is CN(Cc1ccc(Cl)s1)C(=O)C1CCN(C(=O)c2ccc(F)cc2)CC1. The van der Waals surface area contributed by atoms with Crippen LogP contribution in [0.15, 0.2) is 36.4 Å². The highest BCUT2D eigenvalue weighted by Gasteiger charge is 2.29. The van der Waals surface area contributed by atoms with Gasteiger partial charge in [0, 0.05) is 36.5 Å². The Morgan fingerprint density at radius 1 is 1.19 bits per heavy atom. The summed E-state index contributed by atoms with van der Waals surface area (Å²) in [6.07, 6.45) is 1.28. The van der Waals surface area contributed by atoms with E-state index >= 15 is 0 Å². The van der Waals surface area contributed by atoms with E-state index in [1.54, 1.807) is 16.8 Å². The number of hydrogen-bond donors (Lipinski definition) is 0. The number of thiophene rings is 1. The summed E-state index contributed by atoms with van der Waals surface area (Å²) in [7, 11) is 1.80. The van der Waals surface area contributed by atoms with E-state index in [1.165, 1.54) is 35.6 Å². The summed E-state index contributed by atoms with van der Waals surface area (Å²) in [5.41, 5.74) is 0.475. The van der Waals surface area contributed by atoms with Crippen molar-refractivity contribution < 1.29 is 14.0 Å². The number of hydrogen-bond acceptors (Lipinski definition) is 3. The molecule has 0 saturated carbocycles. The minimum atomic E-state index is -0.360. The van der Waals surface area contributed by atoms with Crippen molar-refractivity contribution in [1.29, 1.82) is 0 Å². The van der Waals surface area contributed by atoms with E-state index in [0.717, 1.165) is 4.88 Å². The number of piperidine rings is 1. The van der Waals surface area contributed by atoms with Crippen molar-refractivity contribution in [2.45, 2.75) is 19.4 Å². The lowest BCUT2D eigenvalue weighted by atomic mass is 9.95. The lowest BCUT2D eigenvalue weighted by Gasteiger charge is -2.33. The Morgan fingerprint density at radius 2 is 1.85 bits per heavy atom. The second-order valence-corrected chi connectivity index (χ2v) is 8.27. The van der Waals surface area contributed by atoms with Crippen molar-refractivity contribution in [3.05, 3.63) is 57.0 Å². The highest BCUT2D eigenvalue weighted by molar-refractivity contribution is 7.16. The van der Waals surface area contributed by atoms with Gasteiger partial charge in [0.05, 0.1) is 10.9 Å². The minimum Gasteiger partial charge on any atom is -0.340 e. The first kappa shape index (κ1) is 18.9. The van der Waals surface area contributed by atoms with Crippen LogP contribution in [-0.4, -0.2) is 41.8 Å². The van der Waals surface area contributed by atoms with Gasteiger partial charge in [0.2, 0.25) is 5.91 Å². The van der Waals surface area contributed by atoms with Crippen LogP contribution >= 0.6 is 22.9 Å². The monoisotopic (exact) mass is 394 g/mol. The molecule has 1 saturated heterocycles. The molecular formula is C19H20ClFN2O2S. The molecule has 2 heterocycles. The molecule has 0 spiro atoms. The van der Waals surface area contributed by atoms with Gasteiger partial charge in [0.15, 0.2) is 0 Å². The summed E-state index contributed by atoms with van der Waals surface area (Å²) < 4.78 is 13.7. The van der Waals surface area contributed by atoms with Crippen molar-refractivity contribution in [3.8, 4) is 0 Å². The lowest BCUT2D eigenvalue weighted by Crippen LogP contribution is -2.43. The Balaban J connectivity index is 1.53. The first-order valence-corrected chi connectivity index (χ1v) is 9.67. The zero-order valence-corrected chi connectivity index (χ0v) is 16.0. The van der Waals surface area contributed by atoms with Crippen molar-refractivity contribution >= 4 is 34.8 Å². The molecule has 0 N–H and O–H groups in total. The molecule has 3 rings (SSSR count). The van der Waals surface area contributed by atoms with E-state index < -0.39 is 0 Å². The van der Waals surface area contributed by atoms with Crippen LogP contribution in [0.5, 0.6) is 0 Å². The molecule has 1 aromatic heterocycles. The van der Waals surface area contributed by atoms with Gasteiger partial charge in [-0.15, -0.1) is 11.3 Å². The van der Waals surface area contributed by atoms with Gasteiger partial charge in [0.25, 0.3) is 5.91 Å². The average molecular weight is 395 g/mol. The Hall–Kier alpha value is -1.92. The van der Waals surface area contributed by atoms with Crippen LogP contribution in [0.4, 0.5) is 4.39 Å². The van der Waals surface area contributed by atoms with Gasteiger partial charge in [-0.3, -0.25) is 9.59 Å². The lowest BCUT2D eigenvalue weighted by molar-refractivity contribution is -0.136. The maximum atomic E-state index is 13.0. The molecule has 2 aromatic rings. The molecule has 0 aliphatic carbocycles. The van der Waals surface area contributed by atoms with Gasteiger partial charge in [-0.25, -0.2) is 4.39 Å². The quantitative estimate of drug-likeness (QED) is 0.784. The molecule has 7 heteroatoms. The molecule has 0 unspecified atom stereocenters. The summed E-state index contributed by atoms with van der Waals surface area (Å²) in [5.74, 6) is -0.450. The van der Waals surface area contributed by atoms with Crippen LogP contribution < -0.4 is 0 Å².